The summed E-state index contributed by atoms with van der Waals surface area (Å²) in [6, 6.07) is 10.0. The fourth-order valence-electron chi connectivity index (χ4n) is 2.90. The highest BCUT2D eigenvalue weighted by molar-refractivity contribution is 8.00. The number of aromatic nitrogens is 2. The molecule has 0 saturated carbocycles. The van der Waals surface area contributed by atoms with Crippen LogP contribution in [0, 0.1) is 0 Å². The van der Waals surface area contributed by atoms with Crippen LogP contribution >= 0.6 is 23.1 Å². The number of carbonyl (C=O) groups excluding carboxylic acids is 1. The van der Waals surface area contributed by atoms with Gasteiger partial charge in [0.15, 0.2) is 5.13 Å². The van der Waals surface area contributed by atoms with E-state index in [-0.39, 0.29) is 5.91 Å². The van der Waals surface area contributed by atoms with E-state index >= 15 is 0 Å². The predicted molar refractivity (Wildman–Crippen MR) is 99.9 cm³/mol. The zero-order valence-corrected chi connectivity index (χ0v) is 14.8. The first-order valence-corrected chi connectivity index (χ1v) is 9.85. The van der Waals surface area contributed by atoms with E-state index in [9.17, 15) is 4.79 Å². The van der Waals surface area contributed by atoms with Gasteiger partial charge in [0, 0.05) is 21.4 Å². The van der Waals surface area contributed by atoms with E-state index in [1.165, 1.54) is 35.2 Å². The average Bonchev–Trinajstić information content (AvgIpc) is 3.02. The molecule has 4 rings (SSSR count). The quantitative estimate of drug-likeness (QED) is 0.709. The van der Waals surface area contributed by atoms with Crippen molar-refractivity contribution in [3.63, 3.8) is 0 Å². The SMILES string of the molecule is O=C(CSc1cccc2cccnc12)Nc1nc2c(s1)CCCC2. The molecule has 0 fully saturated rings. The fraction of sp³-hybridized carbons (Fsp3) is 0.278. The van der Waals surface area contributed by atoms with Crippen LogP contribution in [0.3, 0.4) is 0 Å². The number of amides is 1. The summed E-state index contributed by atoms with van der Waals surface area (Å²) in [5.74, 6) is 0.346. The summed E-state index contributed by atoms with van der Waals surface area (Å²) in [4.78, 5) is 23.6. The second kappa shape index (κ2) is 6.91. The monoisotopic (exact) mass is 355 g/mol. The number of anilines is 1. The highest BCUT2D eigenvalue weighted by atomic mass is 32.2. The lowest BCUT2D eigenvalue weighted by atomic mass is 10.0. The molecule has 1 aliphatic rings. The molecule has 0 unspecified atom stereocenters. The van der Waals surface area contributed by atoms with Crippen LogP contribution < -0.4 is 5.32 Å². The molecular weight excluding hydrogens is 338 g/mol. The van der Waals surface area contributed by atoms with Crippen molar-refractivity contribution in [1.82, 2.24) is 9.97 Å². The second-order valence-electron chi connectivity index (χ2n) is 5.76. The Labute approximate surface area is 148 Å². The number of nitrogens with one attached hydrogen (secondary N) is 1. The largest absolute Gasteiger partial charge is 0.301 e. The molecule has 2 aromatic heterocycles. The van der Waals surface area contributed by atoms with Gasteiger partial charge in [-0.1, -0.05) is 18.2 Å². The van der Waals surface area contributed by atoms with Gasteiger partial charge in [-0.3, -0.25) is 9.78 Å². The number of hydrogen-bond acceptors (Lipinski definition) is 5. The number of aryl methyl sites for hydroxylation is 2. The molecule has 24 heavy (non-hydrogen) atoms. The molecule has 6 heteroatoms. The molecule has 0 aliphatic heterocycles. The van der Waals surface area contributed by atoms with Gasteiger partial charge in [-0.2, -0.15) is 0 Å². The Hall–Kier alpha value is -1.92. The number of nitrogens with zero attached hydrogens (tertiary/aromatic N) is 2. The molecule has 3 aromatic rings. The van der Waals surface area contributed by atoms with Crippen LogP contribution in [0.2, 0.25) is 0 Å². The highest BCUT2D eigenvalue weighted by Crippen LogP contribution is 2.30. The molecule has 0 atom stereocenters. The first-order valence-electron chi connectivity index (χ1n) is 8.04. The molecule has 2 heterocycles. The van der Waals surface area contributed by atoms with Crippen LogP contribution in [0.4, 0.5) is 5.13 Å². The molecule has 0 saturated heterocycles. The van der Waals surface area contributed by atoms with Crippen molar-refractivity contribution in [1.29, 1.82) is 0 Å². The summed E-state index contributed by atoms with van der Waals surface area (Å²) < 4.78 is 0. The number of pyridine rings is 1. The topological polar surface area (TPSA) is 54.9 Å². The van der Waals surface area contributed by atoms with Crippen molar-refractivity contribution < 1.29 is 4.79 Å². The van der Waals surface area contributed by atoms with Crippen LogP contribution in [-0.2, 0) is 17.6 Å². The van der Waals surface area contributed by atoms with Gasteiger partial charge in [-0.05, 0) is 37.8 Å². The molecule has 0 spiro atoms. The number of rotatable bonds is 4. The Morgan fingerprint density at radius 3 is 3.00 bits per heavy atom. The van der Waals surface area contributed by atoms with Crippen LogP contribution in [0.25, 0.3) is 10.9 Å². The number of hydrogen-bond donors (Lipinski definition) is 1. The third-order valence-electron chi connectivity index (χ3n) is 4.05. The summed E-state index contributed by atoms with van der Waals surface area (Å²) in [5, 5.41) is 4.78. The van der Waals surface area contributed by atoms with E-state index in [2.05, 4.69) is 15.3 Å². The van der Waals surface area contributed by atoms with Crippen LogP contribution in [0.5, 0.6) is 0 Å². The first kappa shape index (κ1) is 15.6. The lowest BCUT2D eigenvalue weighted by Gasteiger charge is -2.06. The van der Waals surface area contributed by atoms with Gasteiger partial charge >= 0.3 is 0 Å². The molecule has 1 aliphatic carbocycles. The fourth-order valence-corrected chi connectivity index (χ4v) is 4.80. The molecule has 1 amide bonds. The van der Waals surface area contributed by atoms with E-state index in [0.717, 1.165) is 33.8 Å². The zero-order valence-electron chi connectivity index (χ0n) is 13.1. The smallest absolute Gasteiger partial charge is 0.236 e. The van der Waals surface area contributed by atoms with Gasteiger partial charge in [0.25, 0.3) is 0 Å². The zero-order chi connectivity index (χ0) is 16.4. The number of thioether (sulfide) groups is 1. The summed E-state index contributed by atoms with van der Waals surface area (Å²) in [6.07, 6.45) is 6.35. The number of benzene rings is 1. The molecule has 0 bridgehead atoms. The summed E-state index contributed by atoms with van der Waals surface area (Å²) in [7, 11) is 0. The summed E-state index contributed by atoms with van der Waals surface area (Å²) in [6.45, 7) is 0. The van der Waals surface area contributed by atoms with Gasteiger partial charge < -0.3 is 5.32 Å². The van der Waals surface area contributed by atoms with E-state index in [4.69, 9.17) is 0 Å². The van der Waals surface area contributed by atoms with Crippen molar-refractivity contribution in [2.24, 2.45) is 0 Å². The highest BCUT2D eigenvalue weighted by Gasteiger charge is 2.16. The van der Waals surface area contributed by atoms with Gasteiger partial charge in [-0.25, -0.2) is 4.98 Å². The van der Waals surface area contributed by atoms with Crippen molar-refractivity contribution in [3.05, 3.63) is 47.1 Å². The minimum absolute atomic E-state index is 0.0148. The van der Waals surface area contributed by atoms with Gasteiger partial charge in [0.2, 0.25) is 5.91 Å². The average molecular weight is 355 g/mol. The summed E-state index contributed by atoms with van der Waals surface area (Å²) >= 11 is 3.14. The molecule has 122 valence electrons. The van der Waals surface area contributed by atoms with Gasteiger partial charge in [0.1, 0.15) is 0 Å². The number of carbonyl (C=O) groups is 1. The predicted octanol–water partition coefficient (Wildman–Crippen LogP) is 4.30. The Morgan fingerprint density at radius 1 is 1.21 bits per heavy atom. The molecule has 0 radical (unpaired) electrons. The summed E-state index contributed by atoms with van der Waals surface area (Å²) in [5.41, 5.74) is 2.12. The minimum atomic E-state index is -0.0148. The Bertz CT molecular complexity index is 862. The maximum absolute atomic E-state index is 12.2. The van der Waals surface area contributed by atoms with Gasteiger partial charge in [0.05, 0.1) is 17.0 Å². The van der Waals surface area contributed by atoms with Crippen LogP contribution in [0.15, 0.2) is 41.4 Å². The molecule has 1 N–H and O–H groups in total. The molecule has 1 aromatic carbocycles. The van der Waals surface area contributed by atoms with E-state index in [0.29, 0.717) is 5.75 Å². The van der Waals surface area contributed by atoms with Crippen LogP contribution in [0.1, 0.15) is 23.4 Å². The molecular formula is C18H17N3OS2. The van der Waals surface area contributed by atoms with Crippen molar-refractivity contribution >= 4 is 45.0 Å². The lowest BCUT2D eigenvalue weighted by Crippen LogP contribution is -2.13. The third-order valence-corrected chi connectivity index (χ3v) is 6.17. The number of fused-ring (bicyclic) bond motifs is 2. The Balaban J connectivity index is 1.42. The normalized spacial score (nSPS) is 13.7. The number of para-hydroxylation sites is 1. The lowest BCUT2D eigenvalue weighted by molar-refractivity contribution is -0.113. The van der Waals surface area contributed by atoms with E-state index in [1.807, 2.05) is 30.3 Å². The van der Waals surface area contributed by atoms with E-state index in [1.54, 1.807) is 17.5 Å². The Kier molecular flexibility index (Phi) is 4.49. The maximum Gasteiger partial charge on any atom is 0.236 e. The minimum Gasteiger partial charge on any atom is -0.301 e. The standard InChI is InChI=1S/C18H17N3OS2/c22-16(21-18-20-13-7-1-2-8-14(13)24-18)11-23-15-9-3-5-12-6-4-10-19-17(12)15/h3-6,9-10H,1-2,7-8,11H2,(H,20,21,22). The van der Waals surface area contributed by atoms with Crippen molar-refractivity contribution in [3.8, 4) is 0 Å². The maximum atomic E-state index is 12.2. The van der Waals surface area contributed by atoms with Crippen molar-refractivity contribution in [2.75, 3.05) is 11.1 Å². The van der Waals surface area contributed by atoms with E-state index < -0.39 is 0 Å². The number of thiazole rings is 1. The van der Waals surface area contributed by atoms with Crippen molar-refractivity contribution in [2.45, 2.75) is 30.6 Å². The van der Waals surface area contributed by atoms with Crippen LogP contribution in [-0.4, -0.2) is 21.6 Å². The molecule has 4 nitrogen and oxygen atoms in total. The second-order valence-corrected chi connectivity index (χ2v) is 7.86. The van der Waals surface area contributed by atoms with Gasteiger partial charge in [-0.15, -0.1) is 23.1 Å². The first-order chi connectivity index (χ1) is 11.8. The Morgan fingerprint density at radius 2 is 2.08 bits per heavy atom. The third kappa shape index (κ3) is 3.30.